The molecule has 0 radical (unpaired) electrons. The second-order valence-electron chi connectivity index (χ2n) is 3.83. The fourth-order valence-electron chi connectivity index (χ4n) is 1.98. The number of halogens is 1. The normalized spacial score (nSPS) is 12.4. The Morgan fingerprint density at radius 1 is 1.06 bits per heavy atom. The van der Waals surface area contributed by atoms with Crippen molar-refractivity contribution >= 4 is 0 Å². The molecule has 1 aromatic carbocycles. The maximum Gasteiger partial charge on any atom is 0.171 e. The summed E-state index contributed by atoms with van der Waals surface area (Å²) in [4.78, 5) is 0. The number of ether oxygens (including phenoxy) is 2. The lowest BCUT2D eigenvalue weighted by atomic mass is 9.97. The molecule has 90 valence electrons. The van der Waals surface area contributed by atoms with Crippen LogP contribution < -0.4 is 15.2 Å². The first-order valence-corrected chi connectivity index (χ1v) is 5.11. The van der Waals surface area contributed by atoms with Crippen molar-refractivity contribution in [1.29, 1.82) is 0 Å². The Balaban J connectivity index is 3.64. The number of rotatable bonds is 3. The molecular weight excluding hydrogens is 209 g/mol. The Morgan fingerprint density at radius 2 is 1.56 bits per heavy atom. The first-order chi connectivity index (χ1) is 7.45. The molecule has 3 nitrogen and oxygen atoms in total. The van der Waals surface area contributed by atoms with Crippen LogP contribution in [-0.2, 0) is 0 Å². The summed E-state index contributed by atoms with van der Waals surface area (Å²) in [5.74, 6) is 0.359. The highest BCUT2D eigenvalue weighted by Gasteiger charge is 2.22. The largest absolute Gasteiger partial charge is 0.496 e. The third-order valence-electron chi connectivity index (χ3n) is 2.72. The molecule has 0 heterocycles. The number of benzene rings is 1. The second kappa shape index (κ2) is 4.70. The van der Waals surface area contributed by atoms with E-state index < -0.39 is 0 Å². The molecule has 1 atom stereocenters. The van der Waals surface area contributed by atoms with E-state index in [1.54, 1.807) is 13.8 Å². The van der Waals surface area contributed by atoms with Gasteiger partial charge in [-0.05, 0) is 20.8 Å². The lowest BCUT2D eigenvalue weighted by Gasteiger charge is -2.20. The predicted molar refractivity (Wildman–Crippen MR) is 61.6 cm³/mol. The van der Waals surface area contributed by atoms with Gasteiger partial charge in [-0.3, -0.25) is 0 Å². The lowest BCUT2D eigenvalue weighted by molar-refractivity contribution is 0.365. The van der Waals surface area contributed by atoms with Gasteiger partial charge in [0.15, 0.2) is 11.6 Å². The predicted octanol–water partition coefficient (Wildman–Crippen LogP) is 2.48. The summed E-state index contributed by atoms with van der Waals surface area (Å²) in [7, 11) is 2.96. The summed E-state index contributed by atoms with van der Waals surface area (Å²) in [5.41, 5.74) is 7.79. The Kier molecular flexibility index (Phi) is 3.75. The standard InChI is InChI=1S/C12H18FNO2/c1-6-9(8(3)14)11(15-4)7(2)10(13)12(6)16-5/h8H,14H2,1-5H3. The van der Waals surface area contributed by atoms with E-state index >= 15 is 0 Å². The van der Waals surface area contributed by atoms with Gasteiger partial charge in [-0.15, -0.1) is 0 Å². The van der Waals surface area contributed by atoms with E-state index in [0.29, 0.717) is 16.9 Å². The third-order valence-corrected chi connectivity index (χ3v) is 2.72. The van der Waals surface area contributed by atoms with E-state index in [1.165, 1.54) is 14.2 Å². The number of hydrogen-bond acceptors (Lipinski definition) is 3. The Hall–Kier alpha value is -1.29. The van der Waals surface area contributed by atoms with Gasteiger partial charge in [-0.25, -0.2) is 4.39 Å². The zero-order valence-corrected chi connectivity index (χ0v) is 10.3. The maximum absolute atomic E-state index is 13.9. The van der Waals surface area contributed by atoms with Crippen LogP contribution in [0.3, 0.4) is 0 Å². The van der Waals surface area contributed by atoms with Crippen LogP contribution in [0.1, 0.15) is 29.7 Å². The second-order valence-corrected chi connectivity index (χ2v) is 3.83. The van der Waals surface area contributed by atoms with Crippen LogP contribution >= 0.6 is 0 Å². The van der Waals surface area contributed by atoms with Crippen molar-refractivity contribution in [2.45, 2.75) is 26.8 Å². The van der Waals surface area contributed by atoms with Crippen molar-refractivity contribution in [3.8, 4) is 11.5 Å². The molecule has 0 saturated carbocycles. The van der Waals surface area contributed by atoms with E-state index in [9.17, 15) is 4.39 Å². The van der Waals surface area contributed by atoms with Crippen molar-refractivity contribution in [3.63, 3.8) is 0 Å². The minimum atomic E-state index is -0.388. The minimum absolute atomic E-state index is 0.233. The van der Waals surface area contributed by atoms with Crippen molar-refractivity contribution in [3.05, 3.63) is 22.5 Å². The van der Waals surface area contributed by atoms with Crippen LogP contribution in [0.2, 0.25) is 0 Å². The van der Waals surface area contributed by atoms with Crippen molar-refractivity contribution in [2.75, 3.05) is 14.2 Å². The summed E-state index contributed by atoms with van der Waals surface area (Å²) in [6, 6.07) is -0.233. The highest BCUT2D eigenvalue weighted by atomic mass is 19.1. The van der Waals surface area contributed by atoms with Gasteiger partial charge in [0.25, 0.3) is 0 Å². The Bertz CT molecular complexity index is 403. The monoisotopic (exact) mass is 227 g/mol. The number of methoxy groups -OCH3 is 2. The zero-order valence-electron chi connectivity index (χ0n) is 10.3. The quantitative estimate of drug-likeness (QED) is 0.862. The fraction of sp³-hybridized carbons (Fsp3) is 0.500. The van der Waals surface area contributed by atoms with Crippen molar-refractivity contribution in [1.82, 2.24) is 0 Å². The average molecular weight is 227 g/mol. The molecule has 1 aromatic rings. The molecule has 1 unspecified atom stereocenters. The molecule has 0 bridgehead atoms. The summed E-state index contributed by atoms with van der Waals surface area (Å²) >= 11 is 0. The van der Waals surface area contributed by atoms with Gasteiger partial charge in [0.2, 0.25) is 0 Å². The van der Waals surface area contributed by atoms with Gasteiger partial charge in [0, 0.05) is 22.7 Å². The SMILES string of the molecule is COc1c(C)c(C(C)N)c(OC)c(C)c1F. The molecular formula is C12H18FNO2. The lowest BCUT2D eigenvalue weighted by Crippen LogP contribution is -2.12. The molecule has 0 aliphatic heterocycles. The van der Waals surface area contributed by atoms with Gasteiger partial charge in [0.1, 0.15) is 5.75 Å². The fourth-order valence-corrected chi connectivity index (χ4v) is 1.98. The van der Waals surface area contributed by atoms with E-state index in [1.807, 2.05) is 6.92 Å². The van der Waals surface area contributed by atoms with E-state index in [0.717, 1.165) is 5.56 Å². The Labute approximate surface area is 95.4 Å². The first kappa shape index (κ1) is 12.8. The van der Waals surface area contributed by atoms with Crippen LogP contribution in [0.15, 0.2) is 0 Å². The maximum atomic E-state index is 13.9. The van der Waals surface area contributed by atoms with E-state index in [2.05, 4.69) is 0 Å². The third kappa shape index (κ3) is 1.85. The molecule has 0 aromatic heterocycles. The van der Waals surface area contributed by atoms with Gasteiger partial charge in [-0.1, -0.05) is 0 Å². The molecule has 1 rings (SSSR count). The van der Waals surface area contributed by atoms with Gasteiger partial charge in [0.05, 0.1) is 14.2 Å². The summed E-state index contributed by atoms with van der Waals surface area (Å²) in [6.45, 7) is 5.27. The topological polar surface area (TPSA) is 44.5 Å². The zero-order chi connectivity index (χ0) is 12.5. The van der Waals surface area contributed by atoms with Crippen LogP contribution in [-0.4, -0.2) is 14.2 Å². The van der Waals surface area contributed by atoms with Crippen molar-refractivity contribution in [2.24, 2.45) is 5.73 Å². The van der Waals surface area contributed by atoms with Gasteiger partial charge in [-0.2, -0.15) is 0 Å². The summed E-state index contributed by atoms with van der Waals surface area (Å²) < 4.78 is 24.2. The van der Waals surface area contributed by atoms with Gasteiger partial charge >= 0.3 is 0 Å². The first-order valence-electron chi connectivity index (χ1n) is 5.11. The molecule has 0 aliphatic rings. The summed E-state index contributed by atoms with van der Waals surface area (Å²) in [5, 5.41) is 0. The highest BCUT2D eigenvalue weighted by Crippen LogP contribution is 2.39. The summed E-state index contributed by atoms with van der Waals surface area (Å²) in [6.07, 6.45) is 0. The van der Waals surface area contributed by atoms with Crippen LogP contribution in [0.5, 0.6) is 11.5 Å². The molecule has 16 heavy (non-hydrogen) atoms. The van der Waals surface area contributed by atoms with Crippen LogP contribution in [0.25, 0.3) is 0 Å². The molecule has 0 saturated heterocycles. The van der Waals surface area contributed by atoms with Crippen LogP contribution in [0.4, 0.5) is 4.39 Å². The van der Waals surface area contributed by atoms with E-state index in [4.69, 9.17) is 15.2 Å². The highest BCUT2D eigenvalue weighted by molar-refractivity contribution is 5.55. The van der Waals surface area contributed by atoms with E-state index in [-0.39, 0.29) is 17.6 Å². The smallest absolute Gasteiger partial charge is 0.171 e. The molecule has 0 amide bonds. The number of nitrogens with two attached hydrogens (primary N) is 1. The van der Waals surface area contributed by atoms with Crippen molar-refractivity contribution < 1.29 is 13.9 Å². The number of hydrogen-bond donors (Lipinski definition) is 1. The Morgan fingerprint density at radius 3 is 1.94 bits per heavy atom. The average Bonchev–Trinajstić information content (AvgIpc) is 2.23. The van der Waals surface area contributed by atoms with Gasteiger partial charge < -0.3 is 15.2 Å². The molecule has 4 heteroatoms. The minimum Gasteiger partial charge on any atom is -0.496 e. The molecule has 2 N–H and O–H groups in total. The van der Waals surface area contributed by atoms with Crippen LogP contribution in [0, 0.1) is 19.7 Å². The molecule has 0 spiro atoms. The molecule has 0 fully saturated rings. The molecule has 0 aliphatic carbocycles.